The lowest BCUT2D eigenvalue weighted by Crippen LogP contribution is -2.46. The van der Waals surface area contributed by atoms with Gasteiger partial charge < -0.3 is 24.8 Å². The van der Waals surface area contributed by atoms with Crippen LogP contribution in [-0.2, 0) is 19.1 Å². The van der Waals surface area contributed by atoms with Crippen LogP contribution in [0.1, 0.15) is 68.4 Å². The number of rotatable bonds is 12. The van der Waals surface area contributed by atoms with E-state index >= 15 is 0 Å². The first-order valence-corrected chi connectivity index (χ1v) is 12.4. The van der Waals surface area contributed by atoms with Gasteiger partial charge in [-0.2, -0.15) is 0 Å². The number of carbonyl (C=O) groups excluding carboxylic acids is 3. The molecule has 1 aliphatic rings. The fourth-order valence-corrected chi connectivity index (χ4v) is 4.18. The second kappa shape index (κ2) is 13.0. The van der Waals surface area contributed by atoms with Crippen LogP contribution < -0.4 is 10.6 Å². The van der Waals surface area contributed by atoms with Crippen molar-refractivity contribution < 1.29 is 23.6 Å². The number of aryl methyl sites for hydroxylation is 2. The van der Waals surface area contributed by atoms with Crippen molar-refractivity contribution in [1.29, 1.82) is 0 Å². The van der Waals surface area contributed by atoms with E-state index in [1.54, 1.807) is 17.9 Å². The smallest absolute Gasteiger partial charge is 0.247 e. The van der Waals surface area contributed by atoms with Gasteiger partial charge in [-0.05, 0) is 44.2 Å². The molecule has 0 unspecified atom stereocenters. The predicted octanol–water partition coefficient (Wildman–Crippen LogP) is 3.68. The molecule has 0 spiro atoms. The molecular weight excluding hydrogens is 448 g/mol. The fourth-order valence-electron chi connectivity index (χ4n) is 4.18. The monoisotopic (exact) mass is 484 g/mol. The second-order valence-electron chi connectivity index (χ2n) is 8.95. The van der Waals surface area contributed by atoms with Crippen LogP contribution in [0, 0.1) is 13.8 Å². The molecule has 1 aliphatic heterocycles. The summed E-state index contributed by atoms with van der Waals surface area (Å²) < 4.78 is 10.6. The molecule has 3 amide bonds. The quantitative estimate of drug-likeness (QED) is 0.475. The largest absolute Gasteiger partial charge is 0.376 e. The van der Waals surface area contributed by atoms with E-state index in [0.29, 0.717) is 31.3 Å². The molecule has 0 saturated carbocycles. The number of aromatic nitrogens is 1. The standard InChI is InChI=1S/C26H36N4O5/c1-4-5-14-30(24(32)13-12-23(31)28-22-16-19(3)35-29-22)25(21-11-7-6-9-18(21)2)26(33)27-17-20-10-8-15-34-20/h6-7,9,11,16,20,25H,4-5,8,10,12-15,17H2,1-3H3,(H,27,33)(H,28,29,31)/t20-,25-/m1/s1. The summed E-state index contributed by atoms with van der Waals surface area (Å²) in [6, 6.07) is 8.44. The van der Waals surface area contributed by atoms with Gasteiger partial charge in [0.1, 0.15) is 11.8 Å². The Kier molecular flexibility index (Phi) is 9.84. The molecule has 1 fully saturated rings. The molecular formula is C26H36N4O5. The zero-order chi connectivity index (χ0) is 25.2. The Labute approximate surface area is 206 Å². The molecule has 0 radical (unpaired) electrons. The lowest BCUT2D eigenvalue weighted by atomic mass is 9.98. The van der Waals surface area contributed by atoms with Crippen LogP contribution in [0.15, 0.2) is 34.9 Å². The predicted molar refractivity (Wildman–Crippen MR) is 132 cm³/mol. The van der Waals surface area contributed by atoms with E-state index < -0.39 is 6.04 Å². The molecule has 35 heavy (non-hydrogen) atoms. The number of benzene rings is 1. The minimum Gasteiger partial charge on any atom is -0.376 e. The molecule has 2 N–H and O–H groups in total. The van der Waals surface area contributed by atoms with Crippen molar-refractivity contribution in [2.24, 2.45) is 0 Å². The van der Waals surface area contributed by atoms with Gasteiger partial charge in [-0.25, -0.2) is 0 Å². The number of anilines is 1. The Morgan fingerprint density at radius 1 is 1.20 bits per heavy atom. The molecule has 0 bridgehead atoms. The van der Waals surface area contributed by atoms with E-state index in [2.05, 4.69) is 15.8 Å². The van der Waals surface area contributed by atoms with E-state index in [9.17, 15) is 14.4 Å². The van der Waals surface area contributed by atoms with Crippen molar-refractivity contribution in [3.63, 3.8) is 0 Å². The van der Waals surface area contributed by atoms with Crippen molar-refractivity contribution in [3.8, 4) is 0 Å². The molecule has 1 aromatic heterocycles. The first-order valence-electron chi connectivity index (χ1n) is 12.4. The highest BCUT2D eigenvalue weighted by atomic mass is 16.5. The summed E-state index contributed by atoms with van der Waals surface area (Å²) in [4.78, 5) is 40.9. The van der Waals surface area contributed by atoms with Gasteiger partial charge in [0.05, 0.1) is 6.10 Å². The summed E-state index contributed by atoms with van der Waals surface area (Å²) >= 11 is 0. The average Bonchev–Trinajstić information content (AvgIpc) is 3.51. The maximum Gasteiger partial charge on any atom is 0.247 e. The maximum atomic E-state index is 13.5. The molecule has 2 aromatic rings. The van der Waals surface area contributed by atoms with Gasteiger partial charge >= 0.3 is 0 Å². The van der Waals surface area contributed by atoms with Crippen molar-refractivity contribution in [1.82, 2.24) is 15.4 Å². The van der Waals surface area contributed by atoms with Gasteiger partial charge in [-0.3, -0.25) is 14.4 Å². The number of ether oxygens (including phenoxy) is 1. The van der Waals surface area contributed by atoms with Gasteiger partial charge in [0.2, 0.25) is 17.7 Å². The highest BCUT2D eigenvalue weighted by molar-refractivity contribution is 5.94. The number of unbranched alkanes of at least 4 members (excludes halogenated alkanes) is 1. The lowest BCUT2D eigenvalue weighted by molar-refractivity contribution is -0.141. The SMILES string of the molecule is CCCCN(C(=O)CCC(=O)Nc1cc(C)on1)[C@@H](C(=O)NC[C@H]1CCCO1)c1ccccc1C. The van der Waals surface area contributed by atoms with Gasteiger partial charge in [-0.1, -0.05) is 42.8 Å². The summed E-state index contributed by atoms with van der Waals surface area (Å²) in [5.41, 5.74) is 1.71. The van der Waals surface area contributed by atoms with Crippen LogP contribution in [0.3, 0.4) is 0 Å². The molecule has 9 heteroatoms. The van der Waals surface area contributed by atoms with Crippen LogP contribution in [-0.4, -0.2) is 53.6 Å². The summed E-state index contributed by atoms with van der Waals surface area (Å²) in [7, 11) is 0. The van der Waals surface area contributed by atoms with Crippen molar-refractivity contribution >= 4 is 23.5 Å². The third-order valence-electron chi connectivity index (χ3n) is 6.11. The van der Waals surface area contributed by atoms with Crippen molar-refractivity contribution in [2.45, 2.75) is 71.4 Å². The molecule has 2 heterocycles. The molecule has 1 aromatic carbocycles. The van der Waals surface area contributed by atoms with E-state index in [-0.39, 0.29) is 36.7 Å². The highest BCUT2D eigenvalue weighted by Crippen LogP contribution is 2.26. The minimum absolute atomic E-state index is 0.000118. The third-order valence-corrected chi connectivity index (χ3v) is 6.11. The van der Waals surface area contributed by atoms with Crippen molar-refractivity contribution in [2.75, 3.05) is 25.0 Å². The molecule has 190 valence electrons. The van der Waals surface area contributed by atoms with E-state index in [1.807, 2.05) is 38.1 Å². The zero-order valence-electron chi connectivity index (χ0n) is 20.8. The number of hydrogen-bond acceptors (Lipinski definition) is 6. The molecule has 1 saturated heterocycles. The topological polar surface area (TPSA) is 114 Å². The Morgan fingerprint density at radius 3 is 2.66 bits per heavy atom. The average molecular weight is 485 g/mol. The molecule has 9 nitrogen and oxygen atoms in total. The highest BCUT2D eigenvalue weighted by Gasteiger charge is 2.32. The van der Waals surface area contributed by atoms with Crippen LogP contribution in [0.25, 0.3) is 0 Å². The first-order chi connectivity index (χ1) is 16.9. The summed E-state index contributed by atoms with van der Waals surface area (Å²) in [6.07, 6.45) is 3.47. The summed E-state index contributed by atoms with van der Waals surface area (Å²) in [6.45, 7) is 7.25. The Morgan fingerprint density at radius 2 is 2.00 bits per heavy atom. The number of nitrogens with zero attached hydrogens (tertiary/aromatic N) is 2. The molecule has 2 atom stereocenters. The van der Waals surface area contributed by atoms with Crippen molar-refractivity contribution in [3.05, 3.63) is 47.2 Å². The van der Waals surface area contributed by atoms with Crippen LogP contribution in [0.2, 0.25) is 0 Å². The first kappa shape index (κ1) is 26.4. The minimum atomic E-state index is -0.780. The Balaban J connectivity index is 1.75. The molecule has 0 aliphatic carbocycles. The number of carbonyl (C=O) groups is 3. The van der Waals surface area contributed by atoms with Crippen LogP contribution in [0.5, 0.6) is 0 Å². The lowest BCUT2D eigenvalue weighted by Gasteiger charge is -2.32. The van der Waals surface area contributed by atoms with E-state index in [1.165, 1.54) is 0 Å². The Hall–Kier alpha value is -3.20. The maximum absolute atomic E-state index is 13.5. The summed E-state index contributed by atoms with van der Waals surface area (Å²) in [5.74, 6) is 0.0795. The van der Waals surface area contributed by atoms with Crippen LogP contribution in [0.4, 0.5) is 5.82 Å². The van der Waals surface area contributed by atoms with E-state index in [0.717, 1.165) is 36.8 Å². The Bertz CT molecular complexity index is 999. The van der Waals surface area contributed by atoms with Crippen LogP contribution >= 0.6 is 0 Å². The number of amides is 3. The second-order valence-corrected chi connectivity index (χ2v) is 8.95. The number of hydrogen-bond donors (Lipinski definition) is 2. The van der Waals surface area contributed by atoms with Gasteiger partial charge in [0, 0.05) is 38.6 Å². The molecule has 3 rings (SSSR count). The number of nitrogens with one attached hydrogen (secondary N) is 2. The third kappa shape index (κ3) is 7.65. The zero-order valence-corrected chi connectivity index (χ0v) is 20.8. The van der Waals surface area contributed by atoms with E-state index in [4.69, 9.17) is 9.26 Å². The van der Waals surface area contributed by atoms with Gasteiger partial charge in [0.25, 0.3) is 0 Å². The van der Waals surface area contributed by atoms with Gasteiger partial charge in [-0.15, -0.1) is 0 Å². The summed E-state index contributed by atoms with van der Waals surface area (Å²) in [5, 5.41) is 9.39. The van der Waals surface area contributed by atoms with Gasteiger partial charge in [0.15, 0.2) is 5.82 Å². The normalized spacial score (nSPS) is 16.0. The fraction of sp³-hybridized carbons (Fsp3) is 0.538.